The lowest BCUT2D eigenvalue weighted by atomic mass is 10.0. The Kier molecular flexibility index (Phi) is 4.61. The van der Waals surface area contributed by atoms with Crippen molar-refractivity contribution in [3.05, 3.63) is 29.6 Å². The van der Waals surface area contributed by atoms with Gasteiger partial charge in [-0.2, -0.15) is 11.8 Å². The van der Waals surface area contributed by atoms with Crippen LogP contribution < -0.4 is 10.6 Å². The van der Waals surface area contributed by atoms with Crippen LogP contribution in [-0.2, 0) is 9.84 Å². The number of benzene rings is 1. The highest BCUT2D eigenvalue weighted by atomic mass is 32.2. The lowest BCUT2D eigenvalue weighted by Crippen LogP contribution is -2.47. The zero-order valence-electron chi connectivity index (χ0n) is 11.5. The molecule has 7 heteroatoms. The van der Waals surface area contributed by atoms with Gasteiger partial charge in [-0.1, -0.05) is 6.07 Å². The van der Waals surface area contributed by atoms with Gasteiger partial charge in [-0.3, -0.25) is 0 Å². The van der Waals surface area contributed by atoms with Crippen LogP contribution in [0.25, 0.3) is 0 Å². The molecule has 1 fully saturated rings. The van der Waals surface area contributed by atoms with Gasteiger partial charge in [-0.05, 0) is 19.1 Å². The molecular weight excluding hydrogens is 299 g/mol. The van der Waals surface area contributed by atoms with Gasteiger partial charge in [0.05, 0.1) is 0 Å². The number of sulfone groups is 1. The second-order valence-corrected chi connectivity index (χ2v) is 8.37. The Labute approximate surface area is 123 Å². The summed E-state index contributed by atoms with van der Waals surface area (Å²) < 4.78 is 37.9. The molecule has 0 amide bonds. The molecule has 1 aromatic rings. The first-order valence-electron chi connectivity index (χ1n) is 6.39. The molecule has 0 aromatic heterocycles. The maximum atomic E-state index is 14.0. The van der Waals surface area contributed by atoms with E-state index in [1.807, 2.05) is 0 Å². The highest BCUT2D eigenvalue weighted by molar-refractivity contribution is 8.01. The van der Waals surface area contributed by atoms with Crippen molar-refractivity contribution >= 4 is 27.3 Å². The van der Waals surface area contributed by atoms with E-state index in [0.717, 1.165) is 5.75 Å². The summed E-state index contributed by atoms with van der Waals surface area (Å²) in [4.78, 5) is 1.77. The van der Waals surface area contributed by atoms with Crippen molar-refractivity contribution in [3.63, 3.8) is 0 Å². The zero-order chi connectivity index (χ0) is 14.9. The molecule has 0 spiro atoms. The van der Waals surface area contributed by atoms with E-state index in [1.54, 1.807) is 35.7 Å². The normalized spacial score (nSPS) is 21.8. The van der Waals surface area contributed by atoms with Crippen LogP contribution in [-0.4, -0.2) is 38.1 Å². The first kappa shape index (κ1) is 15.6. The molecule has 20 heavy (non-hydrogen) atoms. The second-order valence-electron chi connectivity index (χ2n) is 5.01. The maximum Gasteiger partial charge on any atom is 0.169 e. The Morgan fingerprint density at radius 3 is 2.80 bits per heavy atom. The summed E-state index contributed by atoms with van der Waals surface area (Å²) in [5, 5.41) is -0.624. The van der Waals surface area contributed by atoms with E-state index in [9.17, 15) is 12.8 Å². The summed E-state index contributed by atoms with van der Waals surface area (Å²) >= 11 is 1.60. The van der Waals surface area contributed by atoms with Crippen LogP contribution in [0.4, 0.5) is 10.1 Å². The van der Waals surface area contributed by atoms with Gasteiger partial charge in [-0.25, -0.2) is 12.8 Å². The van der Waals surface area contributed by atoms with Gasteiger partial charge in [0.25, 0.3) is 0 Å². The Morgan fingerprint density at radius 2 is 2.20 bits per heavy atom. The Hall–Kier alpha value is -0.790. The van der Waals surface area contributed by atoms with Crippen molar-refractivity contribution in [1.82, 2.24) is 0 Å². The van der Waals surface area contributed by atoms with E-state index in [1.165, 1.54) is 12.3 Å². The van der Waals surface area contributed by atoms with Gasteiger partial charge >= 0.3 is 0 Å². The summed E-state index contributed by atoms with van der Waals surface area (Å²) in [6.45, 7) is 2.28. The molecule has 1 saturated heterocycles. The third-order valence-electron chi connectivity index (χ3n) is 3.37. The van der Waals surface area contributed by atoms with Gasteiger partial charge < -0.3 is 10.6 Å². The zero-order valence-corrected chi connectivity index (χ0v) is 13.2. The predicted octanol–water partition coefficient (Wildman–Crippen LogP) is 1.77. The van der Waals surface area contributed by atoms with Crippen molar-refractivity contribution in [2.45, 2.75) is 18.3 Å². The maximum absolute atomic E-state index is 14.0. The van der Waals surface area contributed by atoms with Crippen LogP contribution in [0.5, 0.6) is 0 Å². The van der Waals surface area contributed by atoms with Crippen LogP contribution in [0.1, 0.15) is 18.5 Å². The minimum absolute atomic E-state index is 0.382. The first-order chi connectivity index (χ1) is 9.32. The van der Waals surface area contributed by atoms with E-state index in [-0.39, 0.29) is 5.82 Å². The van der Waals surface area contributed by atoms with Gasteiger partial charge in [-0.15, -0.1) is 0 Å². The molecule has 0 aliphatic carbocycles. The smallest absolute Gasteiger partial charge is 0.169 e. The molecule has 1 aliphatic heterocycles. The molecule has 0 radical (unpaired) electrons. The number of nitrogens with two attached hydrogens (primary N) is 1. The first-order valence-corrected chi connectivity index (χ1v) is 9.50. The van der Waals surface area contributed by atoms with Crippen LogP contribution >= 0.6 is 11.8 Å². The van der Waals surface area contributed by atoms with E-state index >= 15 is 0 Å². The molecule has 2 rings (SSSR count). The molecule has 0 bridgehead atoms. The summed E-state index contributed by atoms with van der Waals surface area (Å²) in [7, 11) is -3.24. The molecule has 2 N–H and O–H groups in total. The number of hydrogen-bond donors (Lipinski definition) is 1. The molecule has 1 unspecified atom stereocenters. The number of hydrogen-bond acceptors (Lipinski definition) is 5. The van der Waals surface area contributed by atoms with E-state index < -0.39 is 21.3 Å². The molecule has 1 aliphatic rings. The fourth-order valence-electron chi connectivity index (χ4n) is 2.44. The predicted molar refractivity (Wildman–Crippen MR) is 82.3 cm³/mol. The van der Waals surface area contributed by atoms with Gasteiger partial charge in [0.15, 0.2) is 9.84 Å². The highest BCUT2D eigenvalue weighted by Gasteiger charge is 2.33. The van der Waals surface area contributed by atoms with E-state index in [0.29, 0.717) is 23.5 Å². The summed E-state index contributed by atoms with van der Waals surface area (Å²) in [6.07, 6.45) is 1.22. The van der Waals surface area contributed by atoms with E-state index in [4.69, 9.17) is 5.73 Å². The third-order valence-corrected chi connectivity index (χ3v) is 6.02. The third kappa shape index (κ3) is 3.10. The van der Waals surface area contributed by atoms with Crippen LogP contribution in [0, 0.1) is 5.82 Å². The quantitative estimate of drug-likeness (QED) is 0.920. The summed E-state index contributed by atoms with van der Waals surface area (Å²) in [6, 6.07) is 4.21. The molecule has 1 aromatic carbocycles. The average Bonchev–Trinajstić information content (AvgIpc) is 2.37. The number of thioether (sulfide) groups is 1. The Morgan fingerprint density at radius 1 is 1.50 bits per heavy atom. The fraction of sp³-hybridized carbons (Fsp3) is 0.538. The van der Waals surface area contributed by atoms with Crippen LogP contribution in [0.2, 0.25) is 0 Å². The van der Waals surface area contributed by atoms with Crippen molar-refractivity contribution in [2.24, 2.45) is 5.73 Å². The lowest BCUT2D eigenvalue weighted by molar-refractivity contribution is 0.577. The highest BCUT2D eigenvalue weighted by Crippen LogP contribution is 2.33. The second kappa shape index (κ2) is 5.91. The lowest BCUT2D eigenvalue weighted by Gasteiger charge is -2.37. The minimum Gasteiger partial charge on any atom is -0.353 e. The minimum atomic E-state index is -3.24. The SMILES string of the molecule is C[C@@H](N)c1c(F)cccc1N1CCSCC1S(C)(=O)=O. The van der Waals surface area contributed by atoms with E-state index in [2.05, 4.69) is 0 Å². The van der Waals surface area contributed by atoms with Gasteiger partial charge in [0.2, 0.25) is 0 Å². The number of anilines is 1. The Bertz CT molecular complexity index is 590. The molecule has 2 atom stereocenters. The van der Waals surface area contributed by atoms with Gasteiger partial charge in [0, 0.05) is 41.6 Å². The van der Waals surface area contributed by atoms with Crippen LogP contribution in [0.3, 0.4) is 0 Å². The van der Waals surface area contributed by atoms with Crippen molar-refractivity contribution in [1.29, 1.82) is 0 Å². The molecule has 112 valence electrons. The Balaban J connectivity index is 2.51. The molecule has 0 saturated carbocycles. The van der Waals surface area contributed by atoms with Gasteiger partial charge in [0.1, 0.15) is 11.2 Å². The molecule has 1 heterocycles. The largest absolute Gasteiger partial charge is 0.353 e. The number of nitrogens with zero attached hydrogens (tertiary/aromatic N) is 1. The summed E-state index contributed by atoms with van der Waals surface area (Å²) in [5.74, 6) is 0.928. The molecule has 4 nitrogen and oxygen atoms in total. The average molecular weight is 318 g/mol. The van der Waals surface area contributed by atoms with Crippen molar-refractivity contribution in [3.8, 4) is 0 Å². The van der Waals surface area contributed by atoms with Crippen molar-refractivity contribution < 1.29 is 12.8 Å². The van der Waals surface area contributed by atoms with Crippen molar-refractivity contribution in [2.75, 3.05) is 29.2 Å². The van der Waals surface area contributed by atoms with Crippen LogP contribution in [0.15, 0.2) is 18.2 Å². The topological polar surface area (TPSA) is 63.4 Å². The fourth-order valence-corrected chi connectivity index (χ4v) is 5.27. The molecular formula is C13H19FN2O2S2. The number of halogens is 1. The summed E-state index contributed by atoms with van der Waals surface area (Å²) in [5.41, 5.74) is 6.83. The standard InChI is InChI=1S/C13H19FN2O2S2/c1-9(15)13-10(14)4-3-5-11(13)16-6-7-19-8-12(16)20(2,17)18/h3-5,9,12H,6-8,15H2,1-2H3/t9-,12?/m1/s1. The number of rotatable bonds is 3. The monoisotopic (exact) mass is 318 g/mol.